The lowest BCUT2D eigenvalue weighted by molar-refractivity contribution is -0.00582. The first-order chi connectivity index (χ1) is 5.72. The van der Waals surface area contributed by atoms with Crippen molar-refractivity contribution in [2.75, 3.05) is 33.5 Å². The molecule has 0 rings (SSSR count). The van der Waals surface area contributed by atoms with Gasteiger partial charge in [-0.25, -0.2) is 0 Å². The molecule has 0 saturated heterocycles. The van der Waals surface area contributed by atoms with Gasteiger partial charge in [-0.3, -0.25) is 0 Å². The predicted octanol–water partition coefficient (Wildman–Crippen LogP) is -0.395. The fourth-order valence-electron chi connectivity index (χ4n) is 0.668. The van der Waals surface area contributed by atoms with Gasteiger partial charge in [0.05, 0.1) is 25.9 Å². The third-order valence-electron chi connectivity index (χ3n) is 1.75. The minimum absolute atomic E-state index is 0.0903. The van der Waals surface area contributed by atoms with E-state index in [4.69, 9.17) is 15.2 Å². The molecular weight excluding hydrogens is 158 g/mol. The molecule has 0 spiro atoms. The number of hydrogen-bond donors (Lipinski definition) is 2. The van der Waals surface area contributed by atoms with Crippen LogP contribution in [0.5, 0.6) is 0 Å². The summed E-state index contributed by atoms with van der Waals surface area (Å²) in [6, 6.07) is 0. The molecule has 2 atom stereocenters. The van der Waals surface area contributed by atoms with Crippen LogP contribution in [0.3, 0.4) is 0 Å². The molecule has 0 aliphatic carbocycles. The summed E-state index contributed by atoms with van der Waals surface area (Å²) in [5.74, 6) is 0.0903. The smallest absolute Gasteiger partial charge is 0.0811 e. The minimum atomic E-state index is -0.466. The van der Waals surface area contributed by atoms with Gasteiger partial charge in [0.25, 0.3) is 0 Å². The van der Waals surface area contributed by atoms with Crippen LogP contribution in [0.2, 0.25) is 0 Å². The molecule has 0 amide bonds. The van der Waals surface area contributed by atoms with E-state index in [-0.39, 0.29) is 5.92 Å². The van der Waals surface area contributed by atoms with Gasteiger partial charge in [-0.15, -0.1) is 0 Å². The molecule has 74 valence electrons. The molecule has 3 N–H and O–H groups in total. The van der Waals surface area contributed by atoms with E-state index < -0.39 is 6.10 Å². The number of aliphatic hydroxyl groups is 1. The number of rotatable bonds is 7. The molecule has 0 heterocycles. The van der Waals surface area contributed by atoms with Gasteiger partial charge in [0.15, 0.2) is 0 Å². The highest BCUT2D eigenvalue weighted by Crippen LogP contribution is 2.00. The van der Waals surface area contributed by atoms with E-state index in [0.29, 0.717) is 26.4 Å². The normalized spacial score (nSPS) is 16.0. The predicted molar refractivity (Wildman–Crippen MR) is 46.9 cm³/mol. The Morgan fingerprint density at radius 2 is 2.08 bits per heavy atom. The van der Waals surface area contributed by atoms with E-state index >= 15 is 0 Å². The fourth-order valence-corrected chi connectivity index (χ4v) is 0.668. The van der Waals surface area contributed by atoms with Crippen molar-refractivity contribution in [3.05, 3.63) is 0 Å². The molecular formula is C8H19NO3. The van der Waals surface area contributed by atoms with Gasteiger partial charge in [-0.05, 0) is 12.5 Å². The summed E-state index contributed by atoms with van der Waals surface area (Å²) < 4.78 is 9.91. The number of hydrogen-bond acceptors (Lipinski definition) is 4. The second-order valence-corrected chi connectivity index (χ2v) is 2.85. The highest BCUT2D eigenvalue weighted by atomic mass is 16.5. The Kier molecular flexibility index (Phi) is 7.39. The summed E-state index contributed by atoms with van der Waals surface area (Å²) in [7, 11) is 1.61. The largest absolute Gasteiger partial charge is 0.390 e. The molecule has 4 nitrogen and oxygen atoms in total. The second-order valence-electron chi connectivity index (χ2n) is 2.85. The van der Waals surface area contributed by atoms with Crippen molar-refractivity contribution in [2.24, 2.45) is 11.7 Å². The first-order valence-electron chi connectivity index (χ1n) is 4.17. The SMILES string of the molecule is COCCOCC(O)C(C)CN. The maximum atomic E-state index is 9.37. The van der Waals surface area contributed by atoms with Crippen LogP contribution in [0, 0.1) is 5.92 Å². The highest BCUT2D eigenvalue weighted by Gasteiger charge is 2.11. The van der Waals surface area contributed by atoms with Crippen molar-refractivity contribution < 1.29 is 14.6 Å². The summed E-state index contributed by atoms with van der Waals surface area (Å²) in [5, 5.41) is 9.37. The standard InChI is InChI=1S/C8H19NO3/c1-7(5-9)8(10)6-12-4-3-11-2/h7-8,10H,3-6,9H2,1-2H3. The summed E-state index contributed by atoms with van der Waals surface area (Å²) in [4.78, 5) is 0. The Balaban J connectivity index is 3.24. The van der Waals surface area contributed by atoms with E-state index in [1.54, 1.807) is 7.11 Å². The lowest BCUT2D eigenvalue weighted by Crippen LogP contribution is -2.29. The average Bonchev–Trinajstić information content (AvgIpc) is 2.10. The number of aliphatic hydroxyl groups excluding tert-OH is 1. The summed E-state index contributed by atoms with van der Waals surface area (Å²) in [5.41, 5.74) is 5.36. The second kappa shape index (κ2) is 7.49. The Morgan fingerprint density at radius 3 is 2.58 bits per heavy atom. The lowest BCUT2D eigenvalue weighted by Gasteiger charge is -2.16. The maximum Gasteiger partial charge on any atom is 0.0811 e. The molecule has 0 fully saturated rings. The monoisotopic (exact) mass is 177 g/mol. The van der Waals surface area contributed by atoms with E-state index in [1.807, 2.05) is 6.92 Å². The molecule has 0 aliphatic rings. The van der Waals surface area contributed by atoms with E-state index in [2.05, 4.69) is 0 Å². The van der Waals surface area contributed by atoms with Gasteiger partial charge in [0.2, 0.25) is 0 Å². The molecule has 12 heavy (non-hydrogen) atoms. The van der Waals surface area contributed by atoms with Crippen LogP contribution in [0.25, 0.3) is 0 Å². The molecule has 2 unspecified atom stereocenters. The topological polar surface area (TPSA) is 64.7 Å². The van der Waals surface area contributed by atoms with Gasteiger partial charge in [0.1, 0.15) is 0 Å². The molecule has 0 aliphatic heterocycles. The van der Waals surface area contributed by atoms with E-state index in [9.17, 15) is 5.11 Å². The van der Waals surface area contributed by atoms with Crippen LogP contribution in [0.4, 0.5) is 0 Å². The first-order valence-corrected chi connectivity index (χ1v) is 4.17. The Hall–Kier alpha value is -0.160. The average molecular weight is 177 g/mol. The van der Waals surface area contributed by atoms with Crippen molar-refractivity contribution in [1.29, 1.82) is 0 Å². The van der Waals surface area contributed by atoms with Crippen LogP contribution in [-0.4, -0.2) is 44.7 Å². The highest BCUT2D eigenvalue weighted by molar-refractivity contribution is 4.63. The van der Waals surface area contributed by atoms with Crippen molar-refractivity contribution in [3.63, 3.8) is 0 Å². The number of nitrogens with two attached hydrogens (primary N) is 1. The van der Waals surface area contributed by atoms with Crippen LogP contribution in [0.15, 0.2) is 0 Å². The van der Waals surface area contributed by atoms with Crippen molar-refractivity contribution in [2.45, 2.75) is 13.0 Å². The Bertz CT molecular complexity index is 100. The molecule has 0 aromatic rings. The summed E-state index contributed by atoms with van der Waals surface area (Å²) in [6.45, 7) is 3.79. The maximum absolute atomic E-state index is 9.37. The van der Waals surface area contributed by atoms with Gasteiger partial charge in [-0.1, -0.05) is 6.92 Å². The van der Waals surface area contributed by atoms with Gasteiger partial charge in [0, 0.05) is 7.11 Å². The van der Waals surface area contributed by atoms with Crippen LogP contribution in [0.1, 0.15) is 6.92 Å². The molecule has 0 aromatic carbocycles. The number of methoxy groups -OCH3 is 1. The van der Waals surface area contributed by atoms with E-state index in [1.165, 1.54) is 0 Å². The molecule has 4 heteroatoms. The fraction of sp³-hybridized carbons (Fsp3) is 1.00. The van der Waals surface area contributed by atoms with E-state index in [0.717, 1.165) is 0 Å². The molecule has 0 radical (unpaired) electrons. The molecule has 0 bridgehead atoms. The third kappa shape index (κ3) is 5.49. The van der Waals surface area contributed by atoms with Crippen LogP contribution in [-0.2, 0) is 9.47 Å². The van der Waals surface area contributed by atoms with Gasteiger partial charge < -0.3 is 20.3 Å². The van der Waals surface area contributed by atoms with Gasteiger partial charge in [-0.2, -0.15) is 0 Å². The summed E-state index contributed by atoms with van der Waals surface area (Å²) in [6.07, 6.45) is -0.466. The van der Waals surface area contributed by atoms with Crippen molar-refractivity contribution in [3.8, 4) is 0 Å². The van der Waals surface area contributed by atoms with Crippen LogP contribution < -0.4 is 5.73 Å². The summed E-state index contributed by atoms with van der Waals surface area (Å²) >= 11 is 0. The minimum Gasteiger partial charge on any atom is -0.390 e. The zero-order valence-corrected chi connectivity index (χ0v) is 7.82. The quantitative estimate of drug-likeness (QED) is 0.520. The Morgan fingerprint density at radius 1 is 1.42 bits per heavy atom. The van der Waals surface area contributed by atoms with Crippen LogP contribution >= 0.6 is 0 Å². The van der Waals surface area contributed by atoms with Crippen molar-refractivity contribution >= 4 is 0 Å². The number of ether oxygens (including phenoxy) is 2. The molecule has 0 saturated carbocycles. The zero-order valence-electron chi connectivity index (χ0n) is 7.82. The van der Waals surface area contributed by atoms with Gasteiger partial charge >= 0.3 is 0 Å². The molecule has 0 aromatic heterocycles. The third-order valence-corrected chi connectivity index (χ3v) is 1.75. The zero-order chi connectivity index (χ0) is 9.40. The first kappa shape index (κ1) is 11.8. The Labute approximate surface area is 73.7 Å². The van der Waals surface area contributed by atoms with Crippen molar-refractivity contribution in [1.82, 2.24) is 0 Å². The lowest BCUT2D eigenvalue weighted by atomic mass is 10.1.